The van der Waals surface area contributed by atoms with Crippen molar-refractivity contribution in [2.45, 2.75) is 70.6 Å². The molecule has 1 unspecified atom stereocenters. The number of rotatable bonds is 11. The van der Waals surface area contributed by atoms with Gasteiger partial charge < -0.3 is 5.11 Å². The van der Waals surface area contributed by atoms with E-state index in [2.05, 4.69) is 6.92 Å². The number of unbranched alkanes of at least 4 members (excludes halogenated alkanes) is 6. The SMILES string of the molecule is CCCCCCCCCC(C(C)=O)(C(=O)O)c1ccccc1. The number of carbonyl (C=O) groups excluding carboxylic acids is 1. The fourth-order valence-corrected chi connectivity index (χ4v) is 2.97. The molecule has 0 fully saturated rings. The molecule has 0 spiro atoms. The molecule has 3 nitrogen and oxygen atoms in total. The Bertz CT molecular complexity index is 451. The standard InChI is InChI=1S/C19H28O3/c1-3-4-5-6-7-8-12-15-19(16(2)20,18(21)22)17-13-10-9-11-14-17/h9-11,13-14H,3-8,12,15H2,1-2H3,(H,21,22). The Morgan fingerprint density at radius 3 is 2.00 bits per heavy atom. The number of carboxylic acid groups (broad SMARTS) is 1. The van der Waals surface area contributed by atoms with Crippen molar-refractivity contribution in [1.82, 2.24) is 0 Å². The summed E-state index contributed by atoms with van der Waals surface area (Å²) < 4.78 is 0. The summed E-state index contributed by atoms with van der Waals surface area (Å²) >= 11 is 0. The third kappa shape index (κ3) is 4.69. The maximum atomic E-state index is 12.1. The monoisotopic (exact) mass is 304 g/mol. The van der Waals surface area contributed by atoms with E-state index in [0.29, 0.717) is 12.0 Å². The van der Waals surface area contributed by atoms with Crippen molar-refractivity contribution in [2.75, 3.05) is 0 Å². The largest absolute Gasteiger partial charge is 0.480 e. The van der Waals surface area contributed by atoms with E-state index in [9.17, 15) is 14.7 Å². The number of hydrogen-bond acceptors (Lipinski definition) is 2. The van der Waals surface area contributed by atoms with Gasteiger partial charge in [-0.25, -0.2) is 0 Å². The molecule has 0 heterocycles. The Morgan fingerprint density at radius 1 is 0.955 bits per heavy atom. The molecule has 0 saturated carbocycles. The van der Waals surface area contributed by atoms with Gasteiger partial charge in [0.25, 0.3) is 0 Å². The molecule has 0 radical (unpaired) electrons. The second kappa shape index (κ2) is 9.39. The van der Waals surface area contributed by atoms with E-state index in [0.717, 1.165) is 19.3 Å². The summed E-state index contributed by atoms with van der Waals surface area (Å²) in [5, 5.41) is 9.70. The predicted molar refractivity (Wildman–Crippen MR) is 89.0 cm³/mol. The molecule has 0 aliphatic heterocycles. The first-order valence-electron chi connectivity index (χ1n) is 8.35. The van der Waals surface area contributed by atoms with Gasteiger partial charge in [-0.2, -0.15) is 0 Å². The van der Waals surface area contributed by atoms with Crippen LogP contribution >= 0.6 is 0 Å². The molecule has 1 N–H and O–H groups in total. The van der Waals surface area contributed by atoms with Gasteiger partial charge in [-0.1, -0.05) is 82.2 Å². The topological polar surface area (TPSA) is 54.4 Å². The van der Waals surface area contributed by atoms with Gasteiger partial charge in [0.15, 0.2) is 11.2 Å². The van der Waals surface area contributed by atoms with Crippen LogP contribution in [0.25, 0.3) is 0 Å². The van der Waals surface area contributed by atoms with Crippen LogP contribution in [0.5, 0.6) is 0 Å². The minimum absolute atomic E-state index is 0.280. The third-order valence-electron chi connectivity index (χ3n) is 4.39. The van der Waals surface area contributed by atoms with Gasteiger partial charge in [-0.15, -0.1) is 0 Å². The highest BCUT2D eigenvalue weighted by atomic mass is 16.4. The molecule has 22 heavy (non-hydrogen) atoms. The number of hydrogen-bond donors (Lipinski definition) is 1. The first kappa shape index (κ1) is 18.4. The Morgan fingerprint density at radius 2 is 1.50 bits per heavy atom. The van der Waals surface area contributed by atoms with Crippen LogP contribution in [0.15, 0.2) is 30.3 Å². The second-order valence-electron chi connectivity index (χ2n) is 6.00. The molecule has 0 amide bonds. The molecule has 122 valence electrons. The molecular formula is C19H28O3. The molecule has 0 bridgehead atoms. The van der Waals surface area contributed by atoms with Gasteiger partial charge in [-0.3, -0.25) is 9.59 Å². The van der Waals surface area contributed by atoms with E-state index in [1.54, 1.807) is 24.3 Å². The molecule has 1 rings (SSSR count). The zero-order valence-electron chi connectivity index (χ0n) is 13.8. The summed E-state index contributed by atoms with van der Waals surface area (Å²) in [6, 6.07) is 8.92. The van der Waals surface area contributed by atoms with E-state index >= 15 is 0 Å². The lowest BCUT2D eigenvalue weighted by atomic mass is 9.73. The molecular weight excluding hydrogens is 276 g/mol. The number of ketones is 1. The lowest BCUT2D eigenvalue weighted by Gasteiger charge is -2.27. The lowest BCUT2D eigenvalue weighted by Crippen LogP contribution is -2.42. The number of benzene rings is 1. The molecule has 0 aliphatic carbocycles. The zero-order valence-corrected chi connectivity index (χ0v) is 13.8. The number of aliphatic carboxylic acids is 1. The van der Waals surface area contributed by atoms with Crippen LogP contribution in [0.1, 0.15) is 70.8 Å². The molecule has 1 aromatic carbocycles. The van der Waals surface area contributed by atoms with Gasteiger partial charge in [0.1, 0.15) is 0 Å². The van der Waals surface area contributed by atoms with Crippen molar-refractivity contribution >= 4 is 11.8 Å². The molecule has 0 aliphatic rings. The fourth-order valence-electron chi connectivity index (χ4n) is 2.97. The highest BCUT2D eigenvalue weighted by Gasteiger charge is 2.44. The normalized spacial score (nSPS) is 13.5. The maximum Gasteiger partial charge on any atom is 0.321 e. The smallest absolute Gasteiger partial charge is 0.321 e. The van der Waals surface area contributed by atoms with E-state index in [1.165, 1.54) is 32.6 Å². The number of carbonyl (C=O) groups is 2. The molecule has 0 saturated heterocycles. The van der Waals surface area contributed by atoms with E-state index in [4.69, 9.17) is 0 Å². The Kier molecular flexibility index (Phi) is 7.86. The van der Waals surface area contributed by atoms with Gasteiger partial charge in [0, 0.05) is 0 Å². The van der Waals surface area contributed by atoms with Gasteiger partial charge in [0.2, 0.25) is 0 Å². The predicted octanol–water partition coefficient (Wildman–Crippen LogP) is 4.74. The maximum absolute atomic E-state index is 12.1. The lowest BCUT2D eigenvalue weighted by molar-refractivity contribution is -0.148. The van der Waals surface area contributed by atoms with Crippen molar-refractivity contribution in [3.05, 3.63) is 35.9 Å². The van der Waals surface area contributed by atoms with Crippen LogP contribution in [0.2, 0.25) is 0 Å². The number of carboxylic acids is 1. The fraction of sp³-hybridized carbons (Fsp3) is 0.579. The van der Waals surface area contributed by atoms with Gasteiger partial charge >= 0.3 is 5.97 Å². The summed E-state index contributed by atoms with van der Waals surface area (Å²) in [5.74, 6) is -1.31. The number of Topliss-reactive ketones (excluding diaryl/α,β-unsaturated/α-hetero) is 1. The summed E-state index contributed by atoms with van der Waals surface area (Å²) in [5.41, 5.74) is -0.786. The molecule has 1 aromatic rings. The van der Waals surface area contributed by atoms with E-state index in [-0.39, 0.29) is 5.78 Å². The van der Waals surface area contributed by atoms with Crippen molar-refractivity contribution in [1.29, 1.82) is 0 Å². The van der Waals surface area contributed by atoms with Crippen molar-refractivity contribution in [2.24, 2.45) is 0 Å². The molecule has 0 aromatic heterocycles. The quantitative estimate of drug-likeness (QED) is 0.474. The van der Waals surface area contributed by atoms with E-state index in [1.807, 2.05) is 6.07 Å². The average molecular weight is 304 g/mol. The minimum Gasteiger partial charge on any atom is -0.480 e. The van der Waals surface area contributed by atoms with E-state index < -0.39 is 11.4 Å². The van der Waals surface area contributed by atoms with Gasteiger partial charge in [0.05, 0.1) is 0 Å². The summed E-state index contributed by atoms with van der Waals surface area (Å²) in [6.45, 7) is 3.58. The first-order chi connectivity index (χ1) is 10.6. The summed E-state index contributed by atoms with van der Waals surface area (Å²) in [6.07, 6.45) is 8.17. The molecule has 1 atom stereocenters. The average Bonchev–Trinajstić information content (AvgIpc) is 2.50. The zero-order chi connectivity index (χ0) is 16.4. The summed E-state index contributed by atoms with van der Waals surface area (Å²) in [7, 11) is 0. The Labute approximate surface area is 133 Å². The van der Waals surface area contributed by atoms with Crippen LogP contribution in [0, 0.1) is 0 Å². The van der Waals surface area contributed by atoms with Crippen LogP contribution in [-0.2, 0) is 15.0 Å². The molecule has 3 heteroatoms. The minimum atomic E-state index is -1.38. The first-order valence-corrected chi connectivity index (χ1v) is 8.35. The third-order valence-corrected chi connectivity index (χ3v) is 4.39. The second-order valence-corrected chi connectivity index (χ2v) is 6.00. The Balaban J connectivity index is 2.68. The summed E-state index contributed by atoms with van der Waals surface area (Å²) in [4.78, 5) is 24.0. The van der Waals surface area contributed by atoms with Crippen molar-refractivity contribution in [3.8, 4) is 0 Å². The highest BCUT2D eigenvalue weighted by Crippen LogP contribution is 2.32. The van der Waals surface area contributed by atoms with Gasteiger partial charge in [-0.05, 0) is 18.9 Å². The highest BCUT2D eigenvalue weighted by molar-refractivity contribution is 6.07. The van der Waals surface area contributed by atoms with Crippen LogP contribution in [0.3, 0.4) is 0 Å². The van der Waals surface area contributed by atoms with Crippen molar-refractivity contribution < 1.29 is 14.7 Å². The van der Waals surface area contributed by atoms with Crippen LogP contribution < -0.4 is 0 Å². The Hall–Kier alpha value is -1.64. The van der Waals surface area contributed by atoms with Crippen molar-refractivity contribution in [3.63, 3.8) is 0 Å². The van der Waals surface area contributed by atoms with Crippen LogP contribution in [-0.4, -0.2) is 16.9 Å². The van der Waals surface area contributed by atoms with Crippen LogP contribution in [0.4, 0.5) is 0 Å².